The summed E-state index contributed by atoms with van der Waals surface area (Å²) in [5.41, 5.74) is 0. The quantitative estimate of drug-likeness (QED) is 0.0222. The van der Waals surface area contributed by atoms with Crippen molar-refractivity contribution in [2.24, 2.45) is 5.92 Å². The minimum absolute atomic E-state index is 0.107. The lowest BCUT2D eigenvalue weighted by Crippen LogP contribution is -2.30. The highest BCUT2D eigenvalue weighted by atomic mass is 31.2. The Hall–Kier alpha value is -1.94. The monoisotopic (exact) mass is 1560 g/mol. The van der Waals surface area contributed by atoms with Crippen molar-refractivity contribution in [1.82, 2.24) is 0 Å². The normalized spacial score (nSPS) is 14.0. The topological polar surface area (TPSA) is 237 Å². The summed E-state index contributed by atoms with van der Waals surface area (Å²) in [6.07, 6.45) is 75.3. The van der Waals surface area contributed by atoms with Crippen LogP contribution in [0.15, 0.2) is 0 Å². The van der Waals surface area contributed by atoms with Gasteiger partial charge in [-0.2, -0.15) is 0 Å². The molecule has 0 aromatic rings. The van der Waals surface area contributed by atoms with Crippen molar-refractivity contribution in [3.05, 3.63) is 0 Å². The number of hydrogen-bond donors (Lipinski definition) is 3. The number of phosphoric acid groups is 2. The number of phosphoric ester groups is 2. The van der Waals surface area contributed by atoms with E-state index in [0.717, 1.165) is 102 Å². The van der Waals surface area contributed by atoms with Crippen molar-refractivity contribution in [3.63, 3.8) is 0 Å². The van der Waals surface area contributed by atoms with E-state index < -0.39 is 97.5 Å². The third kappa shape index (κ3) is 80.5. The number of carbonyl (C=O) groups is 4. The Morgan fingerprint density at radius 1 is 0.262 bits per heavy atom. The summed E-state index contributed by atoms with van der Waals surface area (Å²) in [7, 11) is -9.93. The van der Waals surface area contributed by atoms with Gasteiger partial charge in [0.15, 0.2) is 12.2 Å². The lowest BCUT2D eigenvalue weighted by atomic mass is 10.00. The molecule has 636 valence electrons. The maximum absolute atomic E-state index is 13.2. The fraction of sp³-hybridized carbons (Fsp3) is 0.955. The standard InChI is InChI=1S/C88H172O17P2/c1-6-10-13-16-19-22-25-28-30-32-34-36-38-40-42-44-47-49-52-55-61-66-71-85(90)98-77-83(104-87(92)74-69-64-57-54-51-48-45-43-41-39-37-35-33-31-29-26-23-20-17-14-11-7-2)79-102-106(94,95)100-75-82(89)76-101-107(96,97)103-80-84(78-99-86(91)72-67-62-59-58-60-65-70-81(5)9-4)105-88(93)73-68-63-56-53-50-46-27-24-21-18-15-12-8-3/h81-84,89H,6-80H2,1-5H3,(H,94,95)(H,96,97)/t81?,82-,83-,84-/m1/s1. The van der Waals surface area contributed by atoms with E-state index in [1.807, 2.05) is 0 Å². The number of carbonyl (C=O) groups excluding carboxylic acids is 4. The number of aliphatic hydroxyl groups excluding tert-OH is 1. The second-order valence-corrected chi connectivity index (χ2v) is 34.8. The fourth-order valence-electron chi connectivity index (χ4n) is 13.8. The molecular weight excluding hydrogens is 1390 g/mol. The van der Waals surface area contributed by atoms with Gasteiger partial charge in [-0.3, -0.25) is 37.3 Å². The first-order valence-corrected chi connectivity index (χ1v) is 48.7. The van der Waals surface area contributed by atoms with Crippen LogP contribution in [-0.4, -0.2) is 96.7 Å². The van der Waals surface area contributed by atoms with Crippen LogP contribution in [0, 0.1) is 5.92 Å². The molecule has 0 bridgehead atoms. The van der Waals surface area contributed by atoms with Gasteiger partial charge >= 0.3 is 39.5 Å². The maximum Gasteiger partial charge on any atom is 0.472 e. The van der Waals surface area contributed by atoms with Crippen LogP contribution in [0.1, 0.15) is 478 Å². The molecule has 0 heterocycles. The number of aliphatic hydroxyl groups is 1. The second kappa shape index (κ2) is 80.7. The molecule has 107 heavy (non-hydrogen) atoms. The summed E-state index contributed by atoms with van der Waals surface area (Å²) in [6.45, 7) is 7.32. The van der Waals surface area contributed by atoms with E-state index >= 15 is 0 Å². The SMILES string of the molecule is CCCCCCCCCCCCCCCCCCCCCCCCC(=O)OC[C@H](COP(=O)(O)OC[C@@H](O)COP(=O)(O)OC[C@@H](COC(=O)CCCCCCCCC(C)CC)OC(=O)CCCCCCCCCCCCCCC)OC(=O)CCCCCCCCCCCCCCCCCCCCCCCC. The summed E-state index contributed by atoms with van der Waals surface area (Å²) in [5, 5.41) is 10.7. The van der Waals surface area contributed by atoms with Gasteiger partial charge in [0.25, 0.3) is 0 Å². The van der Waals surface area contributed by atoms with E-state index in [1.54, 1.807) is 0 Å². The predicted molar refractivity (Wildman–Crippen MR) is 442 cm³/mol. The average molecular weight is 1560 g/mol. The van der Waals surface area contributed by atoms with Gasteiger partial charge in [-0.15, -0.1) is 0 Å². The summed E-state index contributed by atoms with van der Waals surface area (Å²) in [4.78, 5) is 73.2. The second-order valence-electron chi connectivity index (χ2n) is 31.9. The summed E-state index contributed by atoms with van der Waals surface area (Å²) < 4.78 is 68.9. The van der Waals surface area contributed by atoms with Crippen LogP contribution in [0.3, 0.4) is 0 Å². The molecule has 0 aliphatic carbocycles. The lowest BCUT2D eigenvalue weighted by molar-refractivity contribution is -0.161. The van der Waals surface area contributed by atoms with Gasteiger partial charge in [0.2, 0.25) is 0 Å². The summed E-state index contributed by atoms with van der Waals surface area (Å²) in [5.74, 6) is -1.37. The fourth-order valence-corrected chi connectivity index (χ4v) is 15.4. The van der Waals surface area contributed by atoms with Crippen molar-refractivity contribution >= 4 is 39.5 Å². The van der Waals surface area contributed by atoms with E-state index in [9.17, 15) is 43.2 Å². The van der Waals surface area contributed by atoms with Gasteiger partial charge in [-0.25, -0.2) is 9.13 Å². The van der Waals surface area contributed by atoms with Crippen LogP contribution in [-0.2, 0) is 65.4 Å². The van der Waals surface area contributed by atoms with Gasteiger partial charge < -0.3 is 33.8 Å². The summed E-state index contributed by atoms with van der Waals surface area (Å²) >= 11 is 0. The molecule has 0 aromatic heterocycles. The first kappa shape index (κ1) is 105. The Labute approximate surface area is 658 Å². The Kier molecular flexibility index (Phi) is 79.2. The van der Waals surface area contributed by atoms with Gasteiger partial charge in [0.1, 0.15) is 19.3 Å². The minimum Gasteiger partial charge on any atom is -0.462 e. The zero-order chi connectivity index (χ0) is 78.3. The van der Waals surface area contributed by atoms with E-state index in [4.69, 9.17) is 37.0 Å². The molecule has 3 N–H and O–H groups in total. The van der Waals surface area contributed by atoms with E-state index in [-0.39, 0.29) is 25.7 Å². The molecule has 0 aliphatic heterocycles. The Balaban J connectivity index is 5.19. The lowest BCUT2D eigenvalue weighted by Gasteiger charge is -2.21. The van der Waals surface area contributed by atoms with Gasteiger partial charge in [-0.1, -0.05) is 426 Å². The van der Waals surface area contributed by atoms with Crippen LogP contribution in [0.5, 0.6) is 0 Å². The molecule has 0 aliphatic rings. The molecule has 17 nitrogen and oxygen atoms in total. The van der Waals surface area contributed by atoms with Gasteiger partial charge in [-0.05, 0) is 31.6 Å². The number of ether oxygens (including phenoxy) is 4. The molecule has 0 radical (unpaired) electrons. The Morgan fingerprint density at radius 3 is 0.664 bits per heavy atom. The highest BCUT2D eigenvalue weighted by Crippen LogP contribution is 2.45. The number of unbranched alkanes of at least 4 members (excludes halogenated alkanes) is 59. The maximum atomic E-state index is 13.2. The third-order valence-corrected chi connectivity index (χ3v) is 23.0. The predicted octanol–water partition coefficient (Wildman–Crippen LogP) is 27.2. The summed E-state index contributed by atoms with van der Waals surface area (Å²) in [6, 6.07) is 0. The highest BCUT2D eigenvalue weighted by Gasteiger charge is 2.30. The molecule has 3 unspecified atom stereocenters. The number of hydrogen-bond acceptors (Lipinski definition) is 15. The van der Waals surface area contributed by atoms with Crippen LogP contribution >= 0.6 is 15.6 Å². The van der Waals surface area contributed by atoms with Gasteiger partial charge in [0, 0.05) is 25.7 Å². The van der Waals surface area contributed by atoms with E-state index in [2.05, 4.69) is 34.6 Å². The molecule has 0 spiro atoms. The Morgan fingerprint density at radius 2 is 0.449 bits per heavy atom. The molecule has 19 heteroatoms. The zero-order valence-electron chi connectivity index (χ0n) is 70.3. The third-order valence-electron chi connectivity index (χ3n) is 21.1. The Bertz CT molecular complexity index is 2030. The smallest absolute Gasteiger partial charge is 0.462 e. The number of rotatable bonds is 88. The molecule has 0 rings (SSSR count). The first-order chi connectivity index (χ1) is 52.1. The van der Waals surface area contributed by atoms with Crippen molar-refractivity contribution in [3.8, 4) is 0 Å². The van der Waals surface area contributed by atoms with Crippen molar-refractivity contribution in [1.29, 1.82) is 0 Å². The molecule has 0 saturated carbocycles. The van der Waals surface area contributed by atoms with E-state index in [1.165, 1.54) is 295 Å². The van der Waals surface area contributed by atoms with Crippen molar-refractivity contribution in [2.45, 2.75) is 496 Å². The van der Waals surface area contributed by atoms with Crippen molar-refractivity contribution in [2.75, 3.05) is 39.6 Å². The molecule has 0 aromatic carbocycles. The minimum atomic E-state index is -4.97. The largest absolute Gasteiger partial charge is 0.472 e. The van der Waals surface area contributed by atoms with E-state index in [0.29, 0.717) is 25.7 Å². The molecule has 6 atom stereocenters. The van der Waals surface area contributed by atoms with Crippen LogP contribution in [0.2, 0.25) is 0 Å². The first-order valence-electron chi connectivity index (χ1n) is 45.7. The molecule has 0 fully saturated rings. The zero-order valence-corrected chi connectivity index (χ0v) is 72.1. The average Bonchev–Trinajstić information content (AvgIpc) is 0.902. The van der Waals surface area contributed by atoms with Crippen LogP contribution in [0.4, 0.5) is 0 Å². The molecular formula is C88H172O17P2. The van der Waals surface area contributed by atoms with Crippen LogP contribution in [0.25, 0.3) is 0 Å². The molecule has 0 saturated heterocycles. The van der Waals surface area contributed by atoms with Gasteiger partial charge in [0.05, 0.1) is 26.4 Å². The van der Waals surface area contributed by atoms with Crippen molar-refractivity contribution < 1.29 is 80.2 Å². The molecule has 0 amide bonds. The van der Waals surface area contributed by atoms with Crippen LogP contribution < -0.4 is 0 Å². The number of esters is 4. The highest BCUT2D eigenvalue weighted by molar-refractivity contribution is 7.47.